The van der Waals surface area contributed by atoms with E-state index in [-0.39, 0.29) is 12.5 Å². The summed E-state index contributed by atoms with van der Waals surface area (Å²) in [6, 6.07) is 14.5. The minimum absolute atomic E-state index is 0.132. The molecule has 0 spiro atoms. The van der Waals surface area contributed by atoms with E-state index in [1.165, 1.54) is 11.3 Å². The van der Waals surface area contributed by atoms with Crippen LogP contribution in [0.1, 0.15) is 5.56 Å². The van der Waals surface area contributed by atoms with E-state index < -0.39 is 0 Å². The number of nitrogens with zero attached hydrogens (tertiary/aromatic N) is 2. The second kappa shape index (κ2) is 9.23. The molecule has 0 atom stereocenters. The van der Waals surface area contributed by atoms with Gasteiger partial charge in [-0.25, -0.2) is 0 Å². The molecule has 134 valence electrons. The molecule has 0 fully saturated rings. The first-order valence-corrected chi connectivity index (χ1v) is 10.0. The van der Waals surface area contributed by atoms with E-state index in [0.29, 0.717) is 20.9 Å². The summed E-state index contributed by atoms with van der Waals surface area (Å²) in [7, 11) is 0. The molecule has 0 bridgehead atoms. The summed E-state index contributed by atoms with van der Waals surface area (Å²) in [6.45, 7) is -0.132. The zero-order valence-electron chi connectivity index (χ0n) is 13.3. The molecule has 0 aliphatic heterocycles. The number of anilines is 1. The summed E-state index contributed by atoms with van der Waals surface area (Å²) in [5, 5.41) is 12.4. The van der Waals surface area contributed by atoms with Crippen LogP contribution in [0, 0.1) is 0 Å². The quantitative estimate of drug-likeness (QED) is 0.418. The van der Waals surface area contributed by atoms with Crippen molar-refractivity contribution in [2.75, 3.05) is 11.9 Å². The Balaban J connectivity index is 1.46. The first-order valence-electron chi connectivity index (χ1n) is 7.47. The van der Waals surface area contributed by atoms with Gasteiger partial charge in [-0.1, -0.05) is 64.5 Å². The molecule has 1 N–H and O–H groups in total. The van der Waals surface area contributed by atoms with Gasteiger partial charge in [0.2, 0.25) is 5.13 Å². The second-order valence-corrected chi connectivity index (χ2v) is 8.16. The van der Waals surface area contributed by atoms with Gasteiger partial charge in [0.15, 0.2) is 10.9 Å². The summed E-state index contributed by atoms with van der Waals surface area (Å²) in [5.41, 5.74) is 1.13. The van der Waals surface area contributed by atoms with Crippen molar-refractivity contribution in [2.45, 2.75) is 10.1 Å². The van der Waals surface area contributed by atoms with Gasteiger partial charge in [0.1, 0.15) is 5.75 Å². The van der Waals surface area contributed by atoms with Crippen molar-refractivity contribution in [2.24, 2.45) is 0 Å². The van der Waals surface area contributed by atoms with E-state index in [0.717, 1.165) is 15.7 Å². The first-order chi connectivity index (χ1) is 12.6. The van der Waals surface area contributed by atoms with E-state index in [1.807, 2.05) is 24.3 Å². The Morgan fingerprint density at radius 3 is 2.69 bits per heavy atom. The van der Waals surface area contributed by atoms with Crippen LogP contribution < -0.4 is 10.1 Å². The maximum absolute atomic E-state index is 11.9. The van der Waals surface area contributed by atoms with Crippen molar-refractivity contribution >= 4 is 57.3 Å². The van der Waals surface area contributed by atoms with Crippen LogP contribution in [-0.4, -0.2) is 22.7 Å². The van der Waals surface area contributed by atoms with Crippen LogP contribution in [-0.2, 0) is 10.5 Å². The third-order valence-electron chi connectivity index (χ3n) is 3.09. The number of rotatable bonds is 7. The fourth-order valence-electron chi connectivity index (χ4n) is 1.91. The molecular formula is C17H13Cl2N3O2S2. The van der Waals surface area contributed by atoms with Gasteiger partial charge in [-0.2, -0.15) is 0 Å². The largest absolute Gasteiger partial charge is 0.484 e. The van der Waals surface area contributed by atoms with Gasteiger partial charge in [-0.3, -0.25) is 10.1 Å². The first kappa shape index (κ1) is 19.0. The monoisotopic (exact) mass is 425 g/mol. The SMILES string of the molecule is O=C(COc1cccc(Cl)c1)Nc1nnc(SCc2ccc(Cl)cc2)s1. The average molecular weight is 426 g/mol. The maximum Gasteiger partial charge on any atom is 0.264 e. The Morgan fingerprint density at radius 2 is 1.92 bits per heavy atom. The molecule has 5 nitrogen and oxygen atoms in total. The van der Waals surface area contributed by atoms with Crippen molar-refractivity contribution < 1.29 is 9.53 Å². The van der Waals surface area contributed by atoms with E-state index in [4.69, 9.17) is 27.9 Å². The minimum atomic E-state index is -0.310. The molecule has 0 unspecified atom stereocenters. The lowest BCUT2D eigenvalue weighted by Crippen LogP contribution is -2.20. The normalized spacial score (nSPS) is 10.5. The fourth-order valence-corrected chi connectivity index (χ4v) is 3.94. The third kappa shape index (κ3) is 5.88. The summed E-state index contributed by atoms with van der Waals surface area (Å²) in [4.78, 5) is 11.9. The van der Waals surface area contributed by atoms with Crippen LogP contribution in [0.25, 0.3) is 0 Å². The van der Waals surface area contributed by atoms with Crippen molar-refractivity contribution in [3.8, 4) is 5.75 Å². The molecule has 0 aliphatic carbocycles. The molecule has 1 heterocycles. The maximum atomic E-state index is 11.9. The molecule has 9 heteroatoms. The number of aromatic nitrogens is 2. The highest BCUT2D eigenvalue weighted by Crippen LogP contribution is 2.28. The van der Waals surface area contributed by atoms with Crippen LogP contribution in [0.3, 0.4) is 0 Å². The number of thioether (sulfide) groups is 1. The van der Waals surface area contributed by atoms with Gasteiger partial charge in [-0.05, 0) is 35.9 Å². The highest BCUT2D eigenvalue weighted by molar-refractivity contribution is 8.00. The van der Waals surface area contributed by atoms with Crippen molar-refractivity contribution in [1.29, 1.82) is 0 Å². The zero-order valence-corrected chi connectivity index (χ0v) is 16.5. The molecule has 2 aromatic carbocycles. The summed E-state index contributed by atoms with van der Waals surface area (Å²) in [5.74, 6) is 0.969. The highest BCUT2D eigenvalue weighted by Gasteiger charge is 2.10. The molecule has 0 saturated heterocycles. The Kier molecular flexibility index (Phi) is 6.73. The number of carbonyl (C=O) groups is 1. The number of ether oxygens (including phenoxy) is 1. The van der Waals surface area contributed by atoms with Crippen molar-refractivity contribution in [1.82, 2.24) is 10.2 Å². The average Bonchev–Trinajstić information content (AvgIpc) is 3.07. The van der Waals surface area contributed by atoms with Crippen LogP contribution in [0.2, 0.25) is 10.0 Å². The number of benzene rings is 2. The Hall–Kier alpha value is -1.80. The topological polar surface area (TPSA) is 64.1 Å². The van der Waals surface area contributed by atoms with Crippen molar-refractivity contribution in [3.63, 3.8) is 0 Å². The van der Waals surface area contributed by atoms with Crippen LogP contribution in [0.4, 0.5) is 5.13 Å². The summed E-state index contributed by atoms with van der Waals surface area (Å²) < 4.78 is 6.16. The minimum Gasteiger partial charge on any atom is -0.484 e. The van der Waals surface area contributed by atoms with Gasteiger partial charge >= 0.3 is 0 Å². The fraction of sp³-hybridized carbons (Fsp3) is 0.118. The van der Waals surface area contributed by atoms with E-state index in [9.17, 15) is 4.79 Å². The number of hydrogen-bond donors (Lipinski definition) is 1. The molecule has 0 saturated carbocycles. The number of amides is 1. The van der Waals surface area contributed by atoms with Gasteiger partial charge in [0.05, 0.1) is 0 Å². The standard InChI is InChI=1S/C17H13Cl2N3O2S2/c18-12-6-4-11(5-7-12)10-25-17-22-21-16(26-17)20-15(23)9-24-14-3-1-2-13(19)8-14/h1-8H,9-10H2,(H,20,21,23). The molecule has 0 radical (unpaired) electrons. The van der Waals surface area contributed by atoms with Crippen LogP contribution in [0.15, 0.2) is 52.9 Å². The lowest BCUT2D eigenvalue weighted by molar-refractivity contribution is -0.118. The third-order valence-corrected chi connectivity index (χ3v) is 5.62. The molecule has 26 heavy (non-hydrogen) atoms. The van der Waals surface area contributed by atoms with Gasteiger partial charge in [-0.15, -0.1) is 10.2 Å². The molecule has 3 aromatic rings. The van der Waals surface area contributed by atoms with Crippen LogP contribution in [0.5, 0.6) is 5.75 Å². The highest BCUT2D eigenvalue weighted by atomic mass is 35.5. The molecule has 1 amide bonds. The Bertz CT molecular complexity index is 888. The van der Waals surface area contributed by atoms with Crippen LogP contribution >= 0.6 is 46.3 Å². The molecule has 1 aromatic heterocycles. The summed E-state index contributed by atoms with van der Waals surface area (Å²) >= 11 is 14.6. The lowest BCUT2D eigenvalue weighted by atomic mass is 10.2. The molecule has 3 rings (SSSR count). The smallest absolute Gasteiger partial charge is 0.264 e. The number of nitrogens with one attached hydrogen (secondary N) is 1. The number of hydrogen-bond acceptors (Lipinski definition) is 6. The second-order valence-electron chi connectivity index (χ2n) is 5.08. The lowest BCUT2D eigenvalue weighted by Gasteiger charge is -2.05. The number of carbonyl (C=O) groups excluding carboxylic acids is 1. The van der Waals surface area contributed by atoms with E-state index in [1.54, 1.807) is 36.0 Å². The Labute approximate surface area is 168 Å². The van der Waals surface area contributed by atoms with Gasteiger partial charge in [0.25, 0.3) is 5.91 Å². The predicted octanol–water partition coefficient (Wildman–Crippen LogP) is 5.15. The molecular weight excluding hydrogens is 413 g/mol. The van der Waals surface area contributed by atoms with Gasteiger partial charge in [0, 0.05) is 15.8 Å². The van der Waals surface area contributed by atoms with E-state index in [2.05, 4.69) is 15.5 Å². The zero-order chi connectivity index (χ0) is 18.4. The van der Waals surface area contributed by atoms with E-state index >= 15 is 0 Å². The molecule has 0 aliphatic rings. The number of halogens is 2. The summed E-state index contributed by atoms with van der Waals surface area (Å²) in [6.07, 6.45) is 0. The van der Waals surface area contributed by atoms with Gasteiger partial charge < -0.3 is 4.74 Å². The Morgan fingerprint density at radius 1 is 1.12 bits per heavy atom. The predicted molar refractivity (Wildman–Crippen MR) is 106 cm³/mol. The van der Waals surface area contributed by atoms with Crippen molar-refractivity contribution in [3.05, 3.63) is 64.1 Å².